The van der Waals surface area contributed by atoms with Gasteiger partial charge in [-0.05, 0) is 37.0 Å². The molecular formula is C17H26FNO. The van der Waals surface area contributed by atoms with Crippen molar-refractivity contribution in [3.63, 3.8) is 0 Å². The van der Waals surface area contributed by atoms with E-state index in [2.05, 4.69) is 5.32 Å². The molecule has 0 unspecified atom stereocenters. The maximum absolute atomic E-state index is 13.6. The standard InChI is InChI=1S/C15H20FNO.C2H6/c1-2-11-8-9-13(10-14(11)16)17-15(18)12-6-4-3-5-7-12;1-2/h8-10,12H,2-7H2,1H3,(H,17,18);1-2H3. The molecule has 1 aromatic rings. The fourth-order valence-corrected chi connectivity index (χ4v) is 2.52. The van der Waals surface area contributed by atoms with Gasteiger partial charge in [0.2, 0.25) is 5.91 Å². The summed E-state index contributed by atoms with van der Waals surface area (Å²) in [5.41, 5.74) is 1.26. The van der Waals surface area contributed by atoms with Gasteiger partial charge in [0, 0.05) is 11.6 Å². The van der Waals surface area contributed by atoms with Crippen LogP contribution in [0.5, 0.6) is 0 Å². The van der Waals surface area contributed by atoms with E-state index in [1.165, 1.54) is 12.5 Å². The first-order valence-corrected chi connectivity index (χ1v) is 7.80. The van der Waals surface area contributed by atoms with Crippen LogP contribution in [0.3, 0.4) is 0 Å². The molecule has 1 amide bonds. The van der Waals surface area contributed by atoms with Gasteiger partial charge in [-0.1, -0.05) is 46.1 Å². The van der Waals surface area contributed by atoms with Crippen molar-refractivity contribution in [2.45, 2.75) is 59.3 Å². The Hall–Kier alpha value is -1.38. The van der Waals surface area contributed by atoms with E-state index in [0.717, 1.165) is 25.7 Å². The number of hydrogen-bond donors (Lipinski definition) is 1. The number of nitrogens with one attached hydrogen (secondary N) is 1. The predicted molar refractivity (Wildman–Crippen MR) is 82.3 cm³/mol. The molecule has 0 aromatic heterocycles. The van der Waals surface area contributed by atoms with Crippen LogP contribution in [0.2, 0.25) is 0 Å². The number of hydrogen-bond acceptors (Lipinski definition) is 1. The van der Waals surface area contributed by atoms with E-state index in [-0.39, 0.29) is 17.6 Å². The molecular weight excluding hydrogens is 253 g/mol. The van der Waals surface area contributed by atoms with Crippen molar-refractivity contribution < 1.29 is 9.18 Å². The third-order valence-electron chi connectivity index (χ3n) is 3.68. The highest BCUT2D eigenvalue weighted by molar-refractivity contribution is 5.92. The average molecular weight is 279 g/mol. The second-order valence-corrected chi connectivity index (χ2v) is 4.98. The number of anilines is 1. The summed E-state index contributed by atoms with van der Waals surface area (Å²) in [6, 6.07) is 4.94. The van der Waals surface area contributed by atoms with E-state index in [9.17, 15) is 9.18 Å². The number of halogens is 1. The Morgan fingerprint density at radius 2 is 1.90 bits per heavy atom. The quantitative estimate of drug-likeness (QED) is 0.834. The lowest BCUT2D eigenvalue weighted by atomic mass is 9.88. The van der Waals surface area contributed by atoms with Crippen molar-refractivity contribution in [2.24, 2.45) is 5.92 Å². The zero-order valence-corrected chi connectivity index (χ0v) is 12.8. The summed E-state index contributed by atoms with van der Waals surface area (Å²) in [6.45, 7) is 5.92. The molecule has 0 heterocycles. The zero-order chi connectivity index (χ0) is 15.0. The molecule has 112 valence electrons. The summed E-state index contributed by atoms with van der Waals surface area (Å²) in [4.78, 5) is 12.0. The molecule has 0 atom stereocenters. The number of aryl methyl sites for hydroxylation is 1. The van der Waals surface area contributed by atoms with Crippen molar-refractivity contribution >= 4 is 11.6 Å². The van der Waals surface area contributed by atoms with Crippen LogP contribution in [-0.2, 0) is 11.2 Å². The van der Waals surface area contributed by atoms with Gasteiger partial charge in [-0.25, -0.2) is 4.39 Å². The number of amides is 1. The first-order valence-electron chi connectivity index (χ1n) is 7.80. The van der Waals surface area contributed by atoms with Gasteiger partial charge in [0.1, 0.15) is 5.82 Å². The number of rotatable bonds is 3. The Morgan fingerprint density at radius 1 is 1.25 bits per heavy atom. The van der Waals surface area contributed by atoms with Gasteiger partial charge >= 0.3 is 0 Å². The summed E-state index contributed by atoms with van der Waals surface area (Å²) in [6.07, 6.45) is 6.07. The van der Waals surface area contributed by atoms with Crippen molar-refractivity contribution in [2.75, 3.05) is 5.32 Å². The third-order valence-corrected chi connectivity index (χ3v) is 3.68. The second-order valence-electron chi connectivity index (χ2n) is 4.98. The minimum Gasteiger partial charge on any atom is -0.326 e. The molecule has 0 saturated heterocycles. The summed E-state index contributed by atoms with van der Waals surface area (Å²) < 4.78 is 13.6. The van der Waals surface area contributed by atoms with Crippen LogP contribution in [0, 0.1) is 11.7 Å². The Balaban J connectivity index is 0.000000956. The van der Waals surface area contributed by atoms with Gasteiger partial charge in [0.05, 0.1) is 0 Å². The highest BCUT2D eigenvalue weighted by Crippen LogP contribution is 2.25. The van der Waals surface area contributed by atoms with E-state index >= 15 is 0 Å². The summed E-state index contributed by atoms with van der Waals surface area (Å²) >= 11 is 0. The van der Waals surface area contributed by atoms with Crippen LogP contribution in [0.25, 0.3) is 0 Å². The molecule has 1 saturated carbocycles. The summed E-state index contributed by atoms with van der Waals surface area (Å²) in [5, 5.41) is 2.82. The number of carbonyl (C=O) groups is 1. The first kappa shape index (κ1) is 16.7. The van der Waals surface area contributed by atoms with Crippen LogP contribution in [-0.4, -0.2) is 5.91 Å². The Bertz CT molecular complexity index is 425. The molecule has 0 spiro atoms. The topological polar surface area (TPSA) is 29.1 Å². The molecule has 2 rings (SSSR count). The van der Waals surface area contributed by atoms with E-state index in [1.807, 2.05) is 20.8 Å². The minimum atomic E-state index is -0.237. The Morgan fingerprint density at radius 3 is 2.45 bits per heavy atom. The van der Waals surface area contributed by atoms with Crippen molar-refractivity contribution in [1.29, 1.82) is 0 Å². The van der Waals surface area contributed by atoms with Gasteiger partial charge in [0.15, 0.2) is 0 Å². The van der Waals surface area contributed by atoms with Gasteiger partial charge < -0.3 is 5.32 Å². The zero-order valence-electron chi connectivity index (χ0n) is 12.8. The van der Waals surface area contributed by atoms with E-state index in [0.29, 0.717) is 17.7 Å². The lowest BCUT2D eigenvalue weighted by Crippen LogP contribution is -2.24. The number of carbonyl (C=O) groups excluding carboxylic acids is 1. The number of benzene rings is 1. The van der Waals surface area contributed by atoms with E-state index in [4.69, 9.17) is 0 Å². The lowest BCUT2D eigenvalue weighted by Gasteiger charge is -2.20. The highest BCUT2D eigenvalue weighted by atomic mass is 19.1. The van der Waals surface area contributed by atoms with E-state index in [1.54, 1.807) is 12.1 Å². The molecule has 2 nitrogen and oxygen atoms in total. The maximum atomic E-state index is 13.6. The largest absolute Gasteiger partial charge is 0.326 e. The van der Waals surface area contributed by atoms with Crippen LogP contribution in [0.4, 0.5) is 10.1 Å². The van der Waals surface area contributed by atoms with Crippen LogP contribution >= 0.6 is 0 Å². The molecule has 1 N–H and O–H groups in total. The SMILES string of the molecule is CC.CCc1ccc(NC(=O)C2CCCCC2)cc1F. The lowest BCUT2D eigenvalue weighted by molar-refractivity contribution is -0.120. The fraction of sp³-hybridized carbons (Fsp3) is 0.588. The molecule has 3 heteroatoms. The van der Waals surface area contributed by atoms with Gasteiger partial charge in [0.25, 0.3) is 0 Å². The smallest absolute Gasteiger partial charge is 0.227 e. The van der Waals surface area contributed by atoms with Crippen LogP contribution in [0.15, 0.2) is 18.2 Å². The molecule has 0 radical (unpaired) electrons. The molecule has 1 aliphatic carbocycles. The second kappa shape index (κ2) is 8.72. The molecule has 20 heavy (non-hydrogen) atoms. The molecule has 0 bridgehead atoms. The minimum absolute atomic E-state index is 0.0401. The maximum Gasteiger partial charge on any atom is 0.227 e. The van der Waals surface area contributed by atoms with Gasteiger partial charge in [-0.3, -0.25) is 4.79 Å². The fourth-order valence-electron chi connectivity index (χ4n) is 2.52. The predicted octanol–water partition coefficient (Wildman–Crippen LogP) is 4.93. The van der Waals surface area contributed by atoms with Crippen molar-refractivity contribution in [1.82, 2.24) is 0 Å². The molecule has 1 fully saturated rings. The normalized spacial score (nSPS) is 15.2. The van der Waals surface area contributed by atoms with E-state index < -0.39 is 0 Å². The summed E-state index contributed by atoms with van der Waals surface area (Å²) in [5.74, 6) is -0.0926. The highest BCUT2D eigenvalue weighted by Gasteiger charge is 2.21. The van der Waals surface area contributed by atoms with Gasteiger partial charge in [-0.15, -0.1) is 0 Å². The monoisotopic (exact) mass is 279 g/mol. The first-order chi connectivity index (χ1) is 9.70. The molecule has 1 aromatic carbocycles. The average Bonchev–Trinajstić information content (AvgIpc) is 2.50. The Kier molecular flexibility index (Phi) is 7.27. The van der Waals surface area contributed by atoms with Crippen molar-refractivity contribution in [3.8, 4) is 0 Å². The third kappa shape index (κ3) is 4.62. The molecule has 1 aliphatic rings. The van der Waals surface area contributed by atoms with Crippen LogP contribution in [0.1, 0.15) is 58.4 Å². The van der Waals surface area contributed by atoms with Crippen molar-refractivity contribution in [3.05, 3.63) is 29.6 Å². The summed E-state index contributed by atoms with van der Waals surface area (Å²) in [7, 11) is 0. The van der Waals surface area contributed by atoms with Crippen LogP contribution < -0.4 is 5.32 Å². The van der Waals surface area contributed by atoms with Gasteiger partial charge in [-0.2, -0.15) is 0 Å². The molecule has 0 aliphatic heterocycles. The Labute approximate surface area is 121 Å².